The van der Waals surface area contributed by atoms with Gasteiger partial charge in [-0.15, -0.1) is 0 Å². The van der Waals surface area contributed by atoms with Gasteiger partial charge < -0.3 is 15.4 Å². The Bertz CT molecular complexity index is 938. The molecule has 3 aromatic rings. The highest BCUT2D eigenvalue weighted by Gasteiger charge is 2.09. The van der Waals surface area contributed by atoms with Crippen LogP contribution in [-0.4, -0.2) is 25.0 Å². The number of para-hydroxylation sites is 1. The van der Waals surface area contributed by atoms with E-state index in [9.17, 15) is 9.59 Å². The number of amides is 2. The summed E-state index contributed by atoms with van der Waals surface area (Å²) in [5.74, 6) is -0.0356. The van der Waals surface area contributed by atoms with Gasteiger partial charge >= 0.3 is 0 Å². The Morgan fingerprint density at radius 3 is 2.46 bits per heavy atom. The SMILES string of the molecule is O=C(COc1cccc2ccccc12)NCC(=O)Nc1ccccc1Br. The molecule has 0 saturated heterocycles. The first-order valence-corrected chi connectivity index (χ1v) is 8.84. The predicted molar refractivity (Wildman–Crippen MR) is 105 cm³/mol. The molecule has 0 bridgehead atoms. The summed E-state index contributed by atoms with van der Waals surface area (Å²) in [6.07, 6.45) is 0. The molecule has 0 heterocycles. The van der Waals surface area contributed by atoms with Crippen LogP contribution < -0.4 is 15.4 Å². The third-order valence-corrected chi connectivity index (χ3v) is 4.39. The Balaban J connectivity index is 1.50. The second-order valence-electron chi connectivity index (χ2n) is 5.57. The third kappa shape index (κ3) is 4.61. The average Bonchev–Trinajstić information content (AvgIpc) is 2.66. The Morgan fingerprint density at radius 1 is 0.885 bits per heavy atom. The van der Waals surface area contributed by atoms with E-state index in [-0.39, 0.29) is 25.0 Å². The highest BCUT2D eigenvalue weighted by Crippen LogP contribution is 2.25. The summed E-state index contributed by atoms with van der Waals surface area (Å²) >= 11 is 3.35. The molecule has 3 aromatic carbocycles. The van der Waals surface area contributed by atoms with Gasteiger partial charge in [0.15, 0.2) is 6.61 Å². The molecule has 0 radical (unpaired) electrons. The maximum absolute atomic E-state index is 12.0. The van der Waals surface area contributed by atoms with Crippen molar-refractivity contribution in [3.8, 4) is 5.75 Å². The van der Waals surface area contributed by atoms with E-state index in [1.54, 1.807) is 6.07 Å². The molecule has 6 heteroatoms. The monoisotopic (exact) mass is 412 g/mol. The minimum atomic E-state index is -0.361. The van der Waals surface area contributed by atoms with E-state index in [1.165, 1.54) is 0 Å². The Kier molecular flexibility index (Phi) is 5.86. The van der Waals surface area contributed by atoms with Crippen LogP contribution in [0, 0.1) is 0 Å². The zero-order valence-electron chi connectivity index (χ0n) is 13.9. The van der Waals surface area contributed by atoms with Crippen molar-refractivity contribution < 1.29 is 14.3 Å². The number of hydrogen-bond acceptors (Lipinski definition) is 3. The number of anilines is 1. The first-order valence-electron chi connectivity index (χ1n) is 8.05. The van der Waals surface area contributed by atoms with Gasteiger partial charge in [-0.2, -0.15) is 0 Å². The quantitative estimate of drug-likeness (QED) is 0.647. The fraction of sp³-hybridized carbons (Fsp3) is 0.100. The summed E-state index contributed by atoms with van der Waals surface area (Å²) < 4.78 is 6.38. The Morgan fingerprint density at radius 2 is 1.62 bits per heavy atom. The van der Waals surface area contributed by atoms with Gasteiger partial charge in [0.05, 0.1) is 12.2 Å². The van der Waals surface area contributed by atoms with E-state index in [0.29, 0.717) is 11.4 Å². The van der Waals surface area contributed by atoms with Crippen LogP contribution in [-0.2, 0) is 9.59 Å². The molecule has 0 fully saturated rings. The van der Waals surface area contributed by atoms with E-state index in [1.807, 2.05) is 60.7 Å². The zero-order chi connectivity index (χ0) is 18.4. The summed E-state index contributed by atoms with van der Waals surface area (Å²) in [4.78, 5) is 23.9. The lowest BCUT2D eigenvalue weighted by molar-refractivity contribution is -0.125. The molecule has 26 heavy (non-hydrogen) atoms. The molecule has 0 aromatic heterocycles. The largest absolute Gasteiger partial charge is 0.483 e. The lowest BCUT2D eigenvalue weighted by atomic mass is 10.1. The lowest BCUT2D eigenvalue weighted by Gasteiger charge is -2.10. The normalized spacial score (nSPS) is 10.3. The minimum Gasteiger partial charge on any atom is -0.483 e. The van der Waals surface area contributed by atoms with Crippen LogP contribution >= 0.6 is 15.9 Å². The van der Waals surface area contributed by atoms with Crippen molar-refractivity contribution in [3.05, 3.63) is 71.2 Å². The molecule has 3 rings (SSSR count). The molecule has 0 aliphatic heterocycles. The molecule has 2 amide bonds. The van der Waals surface area contributed by atoms with E-state index in [4.69, 9.17) is 4.74 Å². The van der Waals surface area contributed by atoms with Gasteiger partial charge in [0.1, 0.15) is 5.75 Å². The standard InChI is InChI=1S/C20H17BrN2O3/c21-16-9-3-4-10-17(16)23-19(24)12-22-20(25)13-26-18-11-5-7-14-6-1-2-8-15(14)18/h1-11H,12-13H2,(H,22,25)(H,23,24). The summed E-state index contributed by atoms with van der Waals surface area (Å²) in [6, 6.07) is 20.7. The van der Waals surface area contributed by atoms with Gasteiger partial charge in [0.25, 0.3) is 5.91 Å². The number of carbonyl (C=O) groups excluding carboxylic acids is 2. The smallest absolute Gasteiger partial charge is 0.258 e. The van der Waals surface area contributed by atoms with E-state index < -0.39 is 0 Å². The van der Waals surface area contributed by atoms with Gasteiger partial charge in [0, 0.05) is 9.86 Å². The van der Waals surface area contributed by atoms with E-state index >= 15 is 0 Å². The van der Waals surface area contributed by atoms with Crippen LogP contribution in [0.2, 0.25) is 0 Å². The van der Waals surface area contributed by atoms with Crippen molar-refractivity contribution in [2.45, 2.75) is 0 Å². The molecule has 5 nitrogen and oxygen atoms in total. The van der Waals surface area contributed by atoms with Gasteiger partial charge in [-0.3, -0.25) is 9.59 Å². The maximum Gasteiger partial charge on any atom is 0.258 e. The molecular formula is C20H17BrN2O3. The highest BCUT2D eigenvalue weighted by molar-refractivity contribution is 9.10. The van der Waals surface area contributed by atoms with Crippen molar-refractivity contribution in [2.75, 3.05) is 18.5 Å². The molecule has 2 N–H and O–H groups in total. The van der Waals surface area contributed by atoms with Gasteiger partial charge in [-0.05, 0) is 39.5 Å². The summed E-state index contributed by atoms with van der Waals surface area (Å²) in [6.45, 7) is -0.282. The van der Waals surface area contributed by atoms with Crippen molar-refractivity contribution in [1.29, 1.82) is 0 Å². The van der Waals surface area contributed by atoms with Crippen molar-refractivity contribution >= 4 is 44.2 Å². The van der Waals surface area contributed by atoms with Gasteiger partial charge in [0.2, 0.25) is 5.91 Å². The molecule has 0 aliphatic carbocycles. The highest BCUT2D eigenvalue weighted by atomic mass is 79.9. The van der Waals surface area contributed by atoms with Crippen LogP contribution in [0.4, 0.5) is 5.69 Å². The van der Waals surface area contributed by atoms with Crippen molar-refractivity contribution in [3.63, 3.8) is 0 Å². The molecule has 0 atom stereocenters. The first kappa shape index (κ1) is 17.9. The van der Waals surface area contributed by atoms with Crippen LogP contribution in [0.1, 0.15) is 0 Å². The van der Waals surface area contributed by atoms with Crippen LogP contribution in [0.3, 0.4) is 0 Å². The van der Waals surface area contributed by atoms with Gasteiger partial charge in [-0.1, -0.05) is 48.5 Å². The van der Waals surface area contributed by atoms with Gasteiger partial charge in [-0.25, -0.2) is 0 Å². The maximum atomic E-state index is 12.0. The molecule has 0 saturated carbocycles. The first-order chi connectivity index (χ1) is 12.6. The van der Waals surface area contributed by atoms with E-state index in [0.717, 1.165) is 15.2 Å². The summed E-state index contributed by atoms with van der Waals surface area (Å²) in [5.41, 5.74) is 0.652. The van der Waals surface area contributed by atoms with Crippen LogP contribution in [0.15, 0.2) is 71.2 Å². The molecular weight excluding hydrogens is 396 g/mol. The molecule has 0 aliphatic rings. The summed E-state index contributed by atoms with van der Waals surface area (Å²) in [5, 5.41) is 7.25. The topological polar surface area (TPSA) is 67.4 Å². The van der Waals surface area contributed by atoms with Crippen molar-refractivity contribution in [1.82, 2.24) is 5.32 Å². The minimum absolute atomic E-state index is 0.126. The lowest BCUT2D eigenvalue weighted by Crippen LogP contribution is -2.35. The fourth-order valence-electron chi connectivity index (χ4n) is 2.45. The van der Waals surface area contributed by atoms with Crippen LogP contribution in [0.5, 0.6) is 5.75 Å². The molecule has 0 unspecified atom stereocenters. The van der Waals surface area contributed by atoms with Crippen molar-refractivity contribution in [2.24, 2.45) is 0 Å². The molecule has 132 valence electrons. The van der Waals surface area contributed by atoms with E-state index in [2.05, 4.69) is 26.6 Å². The Hall–Kier alpha value is -2.86. The predicted octanol–water partition coefficient (Wildman–Crippen LogP) is 3.74. The average molecular weight is 413 g/mol. The fourth-order valence-corrected chi connectivity index (χ4v) is 2.84. The number of hydrogen-bond donors (Lipinski definition) is 2. The second kappa shape index (κ2) is 8.49. The van der Waals surface area contributed by atoms with Crippen LogP contribution in [0.25, 0.3) is 10.8 Å². The summed E-state index contributed by atoms with van der Waals surface area (Å²) in [7, 11) is 0. The number of nitrogens with one attached hydrogen (secondary N) is 2. The zero-order valence-corrected chi connectivity index (χ0v) is 15.5. The molecule has 0 spiro atoms. The number of halogens is 1. The second-order valence-corrected chi connectivity index (χ2v) is 6.43. The number of fused-ring (bicyclic) bond motifs is 1. The number of carbonyl (C=O) groups is 2. The Labute approximate surface area is 159 Å². The number of benzene rings is 3. The third-order valence-electron chi connectivity index (χ3n) is 3.70. The number of rotatable bonds is 6. The number of ether oxygens (including phenoxy) is 1.